The standard InChI is InChI=1S/C13H19N3O3/c1-13(2)9-15(5-4-14-13)10-6-11(16(17)18)8-12(7-10)19-3/h6-8,14H,4-5,9H2,1-3H3. The van der Waals surface area contributed by atoms with Crippen LogP contribution in [0.3, 0.4) is 0 Å². The summed E-state index contributed by atoms with van der Waals surface area (Å²) < 4.78 is 5.14. The molecule has 104 valence electrons. The Kier molecular flexibility index (Phi) is 3.61. The van der Waals surface area contributed by atoms with E-state index in [0.29, 0.717) is 5.75 Å². The van der Waals surface area contributed by atoms with Gasteiger partial charge < -0.3 is 15.0 Å². The fourth-order valence-electron chi connectivity index (χ4n) is 2.34. The summed E-state index contributed by atoms with van der Waals surface area (Å²) in [5.41, 5.74) is 0.891. The lowest BCUT2D eigenvalue weighted by atomic mass is 10.0. The lowest BCUT2D eigenvalue weighted by Crippen LogP contribution is -2.57. The third kappa shape index (κ3) is 3.14. The van der Waals surface area contributed by atoms with Gasteiger partial charge in [0.15, 0.2) is 0 Å². The zero-order valence-corrected chi connectivity index (χ0v) is 11.5. The Balaban J connectivity index is 2.33. The van der Waals surface area contributed by atoms with Crippen LogP contribution >= 0.6 is 0 Å². The van der Waals surface area contributed by atoms with E-state index in [0.717, 1.165) is 25.3 Å². The van der Waals surface area contributed by atoms with Crippen LogP contribution in [0.15, 0.2) is 18.2 Å². The van der Waals surface area contributed by atoms with Crippen molar-refractivity contribution in [3.8, 4) is 5.75 Å². The molecule has 1 saturated heterocycles. The molecule has 0 radical (unpaired) electrons. The van der Waals surface area contributed by atoms with E-state index in [-0.39, 0.29) is 16.1 Å². The Morgan fingerprint density at radius 2 is 2.16 bits per heavy atom. The van der Waals surface area contributed by atoms with Crippen molar-refractivity contribution < 1.29 is 9.66 Å². The third-order valence-electron chi connectivity index (χ3n) is 3.26. The van der Waals surface area contributed by atoms with Crippen molar-refractivity contribution >= 4 is 11.4 Å². The molecule has 0 amide bonds. The Labute approximate surface area is 112 Å². The Morgan fingerprint density at radius 1 is 1.42 bits per heavy atom. The van der Waals surface area contributed by atoms with Gasteiger partial charge in [0.1, 0.15) is 5.75 Å². The first-order chi connectivity index (χ1) is 8.91. The largest absolute Gasteiger partial charge is 0.496 e. The molecule has 0 spiro atoms. The highest BCUT2D eigenvalue weighted by molar-refractivity contribution is 5.58. The molecule has 1 fully saturated rings. The van der Waals surface area contributed by atoms with Crippen molar-refractivity contribution in [2.75, 3.05) is 31.6 Å². The van der Waals surface area contributed by atoms with E-state index in [1.807, 2.05) is 6.07 Å². The second-order valence-electron chi connectivity index (χ2n) is 5.38. The SMILES string of the molecule is COc1cc(N2CCNC(C)(C)C2)cc([N+](=O)[O-])c1. The average molecular weight is 265 g/mol. The molecule has 0 unspecified atom stereocenters. The van der Waals surface area contributed by atoms with Gasteiger partial charge in [-0.3, -0.25) is 10.1 Å². The van der Waals surface area contributed by atoms with Crippen LogP contribution in [0.2, 0.25) is 0 Å². The molecule has 1 aromatic rings. The number of methoxy groups -OCH3 is 1. The van der Waals surface area contributed by atoms with E-state index in [9.17, 15) is 10.1 Å². The maximum absolute atomic E-state index is 11.0. The highest BCUT2D eigenvalue weighted by Gasteiger charge is 2.27. The molecule has 1 aromatic carbocycles. The average Bonchev–Trinajstić information content (AvgIpc) is 2.37. The number of benzene rings is 1. The van der Waals surface area contributed by atoms with Crippen LogP contribution in [0, 0.1) is 10.1 Å². The molecule has 19 heavy (non-hydrogen) atoms. The van der Waals surface area contributed by atoms with Crippen LogP contribution in [-0.4, -0.2) is 37.2 Å². The smallest absolute Gasteiger partial charge is 0.275 e. The summed E-state index contributed by atoms with van der Waals surface area (Å²) in [6.45, 7) is 6.73. The van der Waals surface area contributed by atoms with Crippen LogP contribution in [0.1, 0.15) is 13.8 Å². The maximum atomic E-state index is 11.0. The Bertz CT molecular complexity index is 488. The number of nitro benzene ring substituents is 1. The molecule has 0 bridgehead atoms. The molecule has 0 aliphatic carbocycles. The summed E-state index contributed by atoms with van der Waals surface area (Å²) in [4.78, 5) is 12.7. The summed E-state index contributed by atoms with van der Waals surface area (Å²) in [6.07, 6.45) is 0. The second kappa shape index (κ2) is 5.05. The minimum absolute atomic E-state index is 0.00386. The number of non-ortho nitro benzene ring substituents is 1. The predicted molar refractivity (Wildman–Crippen MR) is 73.9 cm³/mol. The highest BCUT2D eigenvalue weighted by Crippen LogP contribution is 2.29. The minimum Gasteiger partial charge on any atom is -0.496 e. The monoisotopic (exact) mass is 265 g/mol. The molecular weight excluding hydrogens is 246 g/mol. The van der Waals surface area contributed by atoms with E-state index in [4.69, 9.17) is 4.74 Å². The summed E-state index contributed by atoms with van der Waals surface area (Å²) in [5.74, 6) is 0.514. The van der Waals surface area contributed by atoms with Crippen LogP contribution in [-0.2, 0) is 0 Å². The number of ether oxygens (including phenoxy) is 1. The molecule has 1 N–H and O–H groups in total. The van der Waals surface area contributed by atoms with Gasteiger partial charge in [-0.2, -0.15) is 0 Å². The van der Waals surface area contributed by atoms with Crippen molar-refractivity contribution in [2.45, 2.75) is 19.4 Å². The fourth-order valence-corrected chi connectivity index (χ4v) is 2.34. The van der Waals surface area contributed by atoms with E-state index in [2.05, 4.69) is 24.1 Å². The van der Waals surface area contributed by atoms with Gasteiger partial charge >= 0.3 is 0 Å². The van der Waals surface area contributed by atoms with Crippen molar-refractivity contribution in [1.29, 1.82) is 0 Å². The minimum atomic E-state index is -0.390. The Morgan fingerprint density at radius 3 is 2.74 bits per heavy atom. The first kappa shape index (κ1) is 13.6. The summed E-state index contributed by atoms with van der Waals surface area (Å²) in [7, 11) is 1.52. The predicted octanol–water partition coefficient (Wildman–Crippen LogP) is 1.79. The molecule has 0 atom stereocenters. The molecular formula is C13H19N3O3. The quantitative estimate of drug-likeness (QED) is 0.666. The highest BCUT2D eigenvalue weighted by atomic mass is 16.6. The Hall–Kier alpha value is -1.82. The molecule has 0 saturated carbocycles. The first-order valence-electron chi connectivity index (χ1n) is 6.25. The van der Waals surface area contributed by atoms with Gasteiger partial charge in [0, 0.05) is 43.0 Å². The van der Waals surface area contributed by atoms with Crippen LogP contribution in [0.5, 0.6) is 5.75 Å². The number of anilines is 1. The van der Waals surface area contributed by atoms with Crippen LogP contribution in [0.25, 0.3) is 0 Å². The molecule has 2 rings (SSSR count). The van der Waals surface area contributed by atoms with Crippen molar-refractivity contribution in [1.82, 2.24) is 5.32 Å². The number of hydrogen-bond acceptors (Lipinski definition) is 5. The van der Waals surface area contributed by atoms with E-state index < -0.39 is 0 Å². The summed E-state index contributed by atoms with van der Waals surface area (Å²) >= 11 is 0. The van der Waals surface area contributed by atoms with Gasteiger partial charge in [0.2, 0.25) is 0 Å². The van der Waals surface area contributed by atoms with Crippen molar-refractivity contribution in [3.05, 3.63) is 28.3 Å². The van der Waals surface area contributed by atoms with Crippen LogP contribution in [0.4, 0.5) is 11.4 Å². The molecule has 1 aliphatic heterocycles. The lowest BCUT2D eigenvalue weighted by molar-refractivity contribution is -0.384. The number of rotatable bonds is 3. The first-order valence-corrected chi connectivity index (χ1v) is 6.25. The fraction of sp³-hybridized carbons (Fsp3) is 0.538. The topological polar surface area (TPSA) is 67.6 Å². The van der Waals surface area contributed by atoms with Crippen molar-refractivity contribution in [2.24, 2.45) is 0 Å². The number of nitrogens with one attached hydrogen (secondary N) is 1. The summed E-state index contributed by atoms with van der Waals surface area (Å²) in [5, 5.41) is 14.4. The number of hydrogen-bond donors (Lipinski definition) is 1. The molecule has 1 heterocycles. The van der Waals surface area contributed by atoms with Gasteiger partial charge in [-0.15, -0.1) is 0 Å². The molecule has 1 aliphatic rings. The zero-order valence-electron chi connectivity index (χ0n) is 11.5. The summed E-state index contributed by atoms with van der Waals surface area (Å²) in [6, 6.07) is 4.88. The number of piperazine rings is 1. The third-order valence-corrected chi connectivity index (χ3v) is 3.26. The zero-order chi connectivity index (χ0) is 14.0. The normalized spacial score (nSPS) is 18.2. The maximum Gasteiger partial charge on any atom is 0.275 e. The number of nitrogens with zero attached hydrogens (tertiary/aromatic N) is 2. The van der Waals surface area contributed by atoms with Crippen molar-refractivity contribution in [3.63, 3.8) is 0 Å². The van der Waals surface area contributed by atoms with E-state index in [1.165, 1.54) is 13.2 Å². The van der Waals surface area contributed by atoms with Gasteiger partial charge in [0.05, 0.1) is 18.1 Å². The lowest BCUT2D eigenvalue weighted by Gasteiger charge is -2.40. The number of nitro groups is 1. The van der Waals surface area contributed by atoms with E-state index in [1.54, 1.807) is 6.07 Å². The van der Waals surface area contributed by atoms with Gasteiger partial charge in [-0.25, -0.2) is 0 Å². The molecule has 0 aromatic heterocycles. The van der Waals surface area contributed by atoms with Gasteiger partial charge in [-0.05, 0) is 13.8 Å². The van der Waals surface area contributed by atoms with Gasteiger partial charge in [0.25, 0.3) is 5.69 Å². The molecule has 6 heteroatoms. The van der Waals surface area contributed by atoms with Crippen LogP contribution < -0.4 is 15.0 Å². The van der Waals surface area contributed by atoms with E-state index >= 15 is 0 Å². The molecule has 6 nitrogen and oxygen atoms in total. The second-order valence-corrected chi connectivity index (χ2v) is 5.38. The van der Waals surface area contributed by atoms with Gasteiger partial charge in [-0.1, -0.05) is 0 Å².